The van der Waals surface area contributed by atoms with Crippen LogP contribution in [0.4, 0.5) is 31.9 Å². The van der Waals surface area contributed by atoms with E-state index in [2.05, 4.69) is 10.3 Å². The van der Waals surface area contributed by atoms with Gasteiger partial charge in [0.25, 0.3) is 0 Å². The molecule has 0 atom stereocenters. The van der Waals surface area contributed by atoms with Crippen LogP contribution in [0.5, 0.6) is 0 Å². The predicted octanol–water partition coefficient (Wildman–Crippen LogP) is 3.60. The number of halogens is 1. The molecule has 2 aromatic rings. The number of anilines is 4. The minimum Gasteiger partial charge on any atom is -0.444 e. The van der Waals surface area contributed by atoms with E-state index in [1.807, 2.05) is 31.7 Å². The van der Waals surface area contributed by atoms with E-state index in [1.54, 1.807) is 29.4 Å². The smallest absolute Gasteiger partial charge is 0.410 e. The standard InChI is InChI=1S/C20H26FN5O2/c1-20(2,3)28-19(27)26-9-7-25(8-10-26)18-12-17(16(22)11-15(18)21)24-14-5-4-6-23-13-14/h4-6,11-13,24H,7-10,22H2,1-3H3. The van der Waals surface area contributed by atoms with E-state index in [4.69, 9.17) is 10.5 Å². The molecule has 3 rings (SSSR count). The molecule has 0 spiro atoms. The molecule has 1 aliphatic heterocycles. The van der Waals surface area contributed by atoms with Crippen LogP contribution in [0.15, 0.2) is 36.7 Å². The maximum atomic E-state index is 14.6. The van der Waals surface area contributed by atoms with E-state index in [0.29, 0.717) is 43.2 Å². The third kappa shape index (κ3) is 4.82. The molecule has 3 N–H and O–H groups in total. The molecule has 7 nitrogen and oxygen atoms in total. The number of hydrogen-bond acceptors (Lipinski definition) is 6. The van der Waals surface area contributed by atoms with Crippen LogP contribution in [0.25, 0.3) is 0 Å². The Kier molecular flexibility index (Phi) is 5.58. The van der Waals surface area contributed by atoms with E-state index in [9.17, 15) is 9.18 Å². The Morgan fingerprint density at radius 3 is 2.57 bits per heavy atom. The molecule has 150 valence electrons. The van der Waals surface area contributed by atoms with Crippen molar-refractivity contribution in [2.75, 3.05) is 42.1 Å². The molecule has 1 saturated heterocycles. The summed E-state index contributed by atoms with van der Waals surface area (Å²) in [6, 6.07) is 6.67. The van der Waals surface area contributed by atoms with Gasteiger partial charge in [-0.1, -0.05) is 0 Å². The van der Waals surface area contributed by atoms with Gasteiger partial charge in [0.2, 0.25) is 0 Å². The highest BCUT2D eigenvalue weighted by Crippen LogP contribution is 2.31. The maximum absolute atomic E-state index is 14.6. The van der Waals surface area contributed by atoms with Crippen molar-refractivity contribution in [1.82, 2.24) is 9.88 Å². The third-order valence-corrected chi connectivity index (χ3v) is 4.33. The lowest BCUT2D eigenvalue weighted by Gasteiger charge is -2.37. The quantitative estimate of drug-likeness (QED) is 0.783. The van der Waals surface area contributed by atoms with Gasteiger partial charge < -0.3 is 25.6 Å². The number of amides is 1. The summed E-state index contributed by atoms with van der Waals surface area (Å²) in [5, 5.41) is 3.17. The number of nitrogen functional groups attached to an aromatic ring is 1. The van der Waals surface area contributed by atoms with Crippen LogP contribution in [0.2, 0.25) is 0 Å². The van der Waals surface area contributed by atoms with Crippen molar-refractivity contribution in [3.8, 4) is 0 Å². The Morgan fingerprint density at radius 2 is 1.96 bits per heavy atom. The molecule has 2 heterocycles. The molecule has 8 heteroatoms. The summed E-state index contributed by atoms with van der Waals surface area (Å²) in [6.07, 6.45) is 3.00. The average molecular weight is 387 g/mol. The molecule has 28 heavy (non-hydrogen) atoms. The van der Waals surface area contributed by atoms with E-state index in [-0.39, 0.29) is 11.9 Å². The second kappa shape index (κ2) is 7.92. The lowest BCUT2D eigenvalue weighted by molar-refractivity contribution is 0.0240. The number of nitrogens with two attached hydrogens (primary N) is 1. The van der Waals surface area contributed by atoms with Gasteiger partial charge in [0.1, 0.15) is 11.4 Å². The number of ether oxygens (including phenoxy) is 1. The van der Waals surface area contributed by atoms with Crippen molar-refractivity contribution >= 4 is 28.8 Å². The Labute approximate surface area is 164 Å². The first kappa shape index (κ1) is 19.7. The van der Waals surface area contributed by atoms with Gasteiger partial charge in [-0.25, -0.2) is 9.18 Å². The maximum Gasteiger partial charge on any atom is 0.410 e. The van der Waals surface area contributed by atoms with Crippen molar-refractivity contribution in [1.29, 1.82) is 0 Å². The first-order chi connectivity index (χ1) is 13.2. The number of hydrogen-bond donors (Lipinski definition) is 2. The molecule has 1 aromatic heterocycles. The summed E-state index contributed by atoms with van der Waals surface area (Å²) in [7, 11) is 0. The summed E-state index contributed by atoms with van der Waals surface area (Å²) in [4.78, 5) is 19.8. The fraction of sp³-hybridized carbons (Fsp3) is 0.400. The zero-order valence-electron chi connectivity index (χ0n) is 16.4. The van der Waals surface area contributed by atoms with E-state index in [1.165, 1.54) is 6.07 Å². The van der Waals surface area contributed by atoms with Crippen molar-refractivity contribution in [2.45, 2.75) is 26.4 Å². The molecule has 0 unspecified atom stereocenters. The van der Waals surface area contributed by atoms with E-state index in [0.717, 1.165) is 5.69 Å². The summed E-state index contributed by atoms with van der Waals surface area (Å²) in [5.74, 6) is -0.389. The molecule has 0 aliphatic carbocycles. The Balaban J connectivity index is 1.70. The summed E-state index contributed by atoms with van der Waals surface area (Å²) < 4.78 is 20.0. The summed E-state index contributed by atoms with van der Waals surface area (Å²) in [6.45, 7) is 7.44. The highest BCUT2D eigenvalue weighted by atomic mass is 19.1. The normalized spacial score (nSPS) is 14.7. The fourth-order valence-corrected chi connectivity index (χ4v) is 2.98. The van der Waals surface area contributed by atoms with Gasteiger partial charge in [-0.2, -0.15) is 0 Å². The van der Waals surface area contributed by atoms with Crippen LogP contribution in [0.1, 0.15) is 20.8 Å². The van der Waals surface area contributed by atoms with Gasteiger partial charge in [-0.15, -0.1) is 0 Å². The molecular formula is C20H26FN5O2. The number of carbonyl (C=O) groups excluding carboxylic acids is 1. The number of rotatable bonds is 3. The Bertz CT molecular complexity index is 830. The highest BCUT2D eigenvalue weighted by Gasteiger charge is 2.27. The number of benzene rings is 1. The average Bonchev–Trinajstić information content (AvgIpc) is 2.63. The van der Waals surface area contributed by atoms with Crippen LogP contribution in [0, 0.1) is 5.82 Å². The van der Waals surface area contributed by atoms with Gasteiger partial charge in [-0.3, -0.25) is 4.98 Å². The zero-order valence-corrected chi connectivity index (χ0v) is 16.4. The van der Waals surface area contributed by atoms with Gasteiger partial charge in [0.15, 0.2) is 0 Å². The monoisotopic (exact) mass is 387 g/mol. The zero-order chi connectivity index (χ0) is 20.3. The predicted molar refractivity (Wildman–Crippen MR) is 108 cm³/mol. The second-order valence-electron chi connectivity index (χ2n) is 7.71. The number of aromatic nitrogens is 1. The van der Waals surface area contributed by atoms with Gasteiger partial charge in [0.05, 0.1) is 28.9 Å². The molecule has 1 aliphatic rings. The first-order valence-corrected chi connectivity index (χ1v) is 9.22. The van der Waals surface area contributed by atoms with Crippen LogP contribution in [0.3, 0.4) is 0 Å². The third-order valence-electron chi connectivity index (χ3n) is 4.33. The van der Waals surface area contributed by atoms with E-state index < -0.39 is 5.60 Å². The largest absolute Gasteiger partial charge is 0.444 e. The van der Waals surface area contributed by atoms with Crippen molar-refractivity contribution in [3.63, 3.8) is 0 Å². The van der Waals surface area contributed by atoms with Crippen LogP contribution >= 0.6 is 0 Å². The van der Waals surface area contributed by atoms with Crippen molar-refractivity contribution < 1.29 is 13.9 Å². The van der Waals surface area contributed by atoms with Gasteiger partial charge in [0, 0.05) is 38.4 Å². The SMILES string of the molecule is CC(C)(C)OC(=O)N1CCN(c2cc(Nc3cccnc3)c(N)cc2F)CC1. The lowest BCUT2D eigenvalue weighted by Crippen LogP contribution is -2.50. The highest BCUT2D eigenvalue weighted by molar-refractivity contribution is 5.77. The minimum absolute atomic E-state index is 0.317. The number of nitrogens with zero attached hydrogens (tertiary/aromatic N) is 3. The van der Waals surface area contributed by atoms with Gasteiger partial charge >= 0.3 is 6.09 Å². The molecule has 0 bridgehead atoms. The van der Waals surface area contributed by atoms with Crippen LogP contribution in [-0.2, 0) is 4.74 Å². The second-order valence-corrected chi connectivity index (χ2v) is 7.71. The fourth-order valence-electron chi connectivity index (χ4n) is 2.98. The summed E-state index contributed by atoms with van der Waals surface area (Å²) in [5.41, 5.74) is 7.58. The van der Waals surface area contributed by atoms with E-state index >= 15 is 0 Å². The van der Waals surface area contributed by atoms with Gasteiger partial charge in [-0.05, 0) is 39.0 Å². The molecule has 1 amide bonds. The molecule has 0 radical (unpaired) electrons. The number of pyridine rings is 1. The van der Waals surface area contributed by atoms with Crippen molar-refractivity contribution in [3.05, 3.63) is 42.5 Å². The lowest BCUT2D eigenvalue weighted by atomic mass is 10.2. The Morgan fingerprint density at radius 1 is 1.25 bits per heavy atom. The number of carbonyl (C=O) groups is 1. The number of piperazine rings is 1. The molecule has 0 saturated carbocycles. The Hall–Kier alpha value is -3.03. The summed E-state index contributed by atoms with van der Waals surface area (Å²) >= 11 is 0. The first-order valence-electron chi connectivity index (χ1n) is 9.22. The minimum atomic E-state index is -0.538. The van der Waals surface area contributed by atoms with Crippen LogP contribution in [-0.4, -0.2) is 47.8 Å². The topological polar surface area (TPSA) is 83.7 Å². The van der Waals surface area contributed by atoms with Crippen LogP contribution < -0.4 is 16.0 Å². The molecular weight excluding hydrogens is 361 g/mol. The molecule has 1 fully saturated rings. The molecule has 1 aromatic carbocycles. The number of nitrogens with one attached hydrogen (secondary N) is 1. The van der Waals surface area contributed by atoms with Crippen molar-refractivity contribution in [2.24, 2.45) is 0 Å².